The first-order valence-corrected chi connectivity index (χ1v) is 3.08. The highest BCUT2D eigenvalue weighted by Crippen LogP contribution is 2.04. The van der Waals surface area contributed by atoms with Gasteiger partial charge in [0, 0.05) is 0 Å². The molecule has 1 nitrogen and oxygen atoms in total. The van der Waals surface area contributed by atoms with Gasteiger partial charge >= 0.3 is 0 Å². The summed E-state index contributed by atoms with van der Waals surface area (Å²) in [5.41, 5.74) is 0. The van der Waals surface area contributed by atoms with Gasteiger partial charge in [-0.3, -0.25) is 0 Å². The molecule has 0 aromatic heterocycles. The standard InChI is InChI=1S/C6H13N.BH3/c1-7-5-3-2-4-6-7;/h2-6H2,1H3;1H3. The highest BCUT2D eigenvalue weighted by Gasteiger charge is 2.02. The van der Waals surface area contributed by atoms with Gasteiger partial charge in [-0.25, -0.2) is 0 Å². The molecule has 0 aromatic rings. The Kier molecular flexibility index (Phi) is 3.97. The summed E-state index contributed by atoms with van der Waals surface area (Å²) < 4.78 is 0. The third-order valence-electron chi connectivity index (χ3n) is 1.58. The topological polar surface area (TPSA) is 3.24 Å². The van der Waals surface area contributed by atoms with Gasteiger partial charge in [0.05, 0.1) is 8.41 Å². The molecule has 0 radical (unpaired) electrons. The maximum absolute atomic E-state index is 2.39. The Balaban J connectivity index is 0.000000490. The van der Waals surface area contributed by atoms with Crippen molar-refractivity contribution in [2.75, 3.05) is 20.1 Å². The summed E-state index contributed by atoms with van der Waals surface area (Å²) in [6.07, 6.45) is 4.28. The number of likely N-dealkylation sites (tertiary alicyclic amines) is 1. The molecule has 0 N–H and O–H groups in total. The Morgan fingerprint density at radius 2 is 1.50 bits per heavy atom. The SMILES string of the molecule is B.CN1CCCCC1. The van der Waals surface area contributed by atoms with Crippen molar-refractivity contribution in [2.24, 2.45) is 0 Å². The molecule has 1 saturated heterocycles. The molecule has 0 atom stereocenters. The number of hydrogen-bond donors (Lipinski definition) is 0. The summed E-state index contributed by atoms with van der Waals surface area (Å²) in [5, 5.41) is 0. The lowest BCUT2D eigenvalue weighted by Crippen LogP contribution is -2.24. The molecule has 0 amide bonds. The fraction of sp³-hybridized carbons (Fsp3) is 1.00. The molecule has 1 heterocycles. The lowest BCUT2D eigenvalue weighted by Gasteiger charge is -2.20. The predicted molar refractivity (Wildman–Crippen MR) is 41.3 cm³/mol. The van der Waals surface area contributed by atoms with Gasteiger partial charge in [0.25, 0.3) is 0 Å². The first-order chi connectivity index (χ1) is 3.39. The van der Waals surface area contributed by atoms with Gasteiger partial charge in [-0.2, -0.15) is 0 Å². The molecule has 1 fully saturated rings. The minimum atomic E-state index is 0. The Hall–Kier alpha value is 0.0249. The highest BCUT2D eigenvalue weighted by molar-refractivity contribution is 5.75. The van der Waals surface area contributed by atoms with E-state index in [-0.39, 0.29) is 8.41 Å². The van der Waals surface area contributed by atoms with E-state index in [1.165, 1.54) is 32.4 Å². The summed E-state index contributed by atoms with van der Waals surface area (Å²) >= 11 is 0. The summed E-state index contributed by atoms with van der Waals surface area (Å²) in [6, 6.07) is 0. The van der Waals surface area contributed by atoms with E-state index in [2.05, 4.69) is 11.9 Å². The van der Waals surface area contributed by atoms with Gasteiger partial charge in [-0.1, -0.05) is 6.42 Å². The zero-order chi connectivity index (χ0) is 5.11. The van der Waals surface area contributed by atoms with E-state index in [4.69, 9.17) is 0 Å². The number of piperidine rings is 1. The van der Waals surface area contributed by atoms with Crippen LogP contribution in [0.3, 0.4) is 0 Å². The van der Waals surface area contributed by atoms with Crippen molar-refractivity contribution in [1.82, 2.24) is 4.90 Å². The predicted octanol–water partition coefficient (Wildman–Crippen LogP) is -0.0818. The van der Waals surface area contributed by atoms with E-state index in [0.29, 0.717) is 0 Å². The Labute approximate surface area is 53.6 Å². The van der Waals surface area contributed by atoms with E-state index >= 15 is 0 Å². The quantitative estimate of drug-likeness (QED) is 0.397. The Morgan fingerprint density at radius 1 is 1.00 bits per heavy atom. The van der Waals surface area contributed by atoms with Gasteiger partial charge in [0.1, 0.15) is 0 Å². The molecule has 8 heavy (non-hydrogen) atoms. The van der Waals surface area contributed by atoms with Crippen molar-refractivity contribution in [2.45, 2.75) is 19.3 Å². The number of nitrogens with zero attached hydrogens (tertiary/aromatic N) is 1. The van der Waals surface area contributed by atoms with Crippen LogP contribution >= 0.6 is 0 Å². The smallest absolute Gasteiger partial charge is 0.0814 e. The molecule has 48 valence electrons. The van der Waals surface area contributed by atoms with E-state index in [9.17, 15) is 0 Å². The average molecular weight is 113 g/mol. The van der Waals surface area contributed by atoms with Gasteiger partial charge in [0.2, 0.25) is 0 Å². The van der Waals surface area contributed by atoms with Gasteiger partial charge in [-0.15, -0.1) is 0 Å². The van der Waals surface area contributed by atoms with Gasteiger partial charge < -0.3 is 4.90 Å². The fourth-order valence-electron chi connectivity index (χ4n) is 1.05. The maximum Gasteiger partial charge on any atom is 0.0814 e. The molecule has 0 aliphatic carbocycles. The van der Waals surface area contributed by atoms with Crippen molar-refractivity contribution in [3.05, 3.63) is 0 Å². The van der Waals surface area contributed by atoms with E-state index in [1.807, 2.05) is 0 Å². The molecule has 0 spiro atoms. The van der Waals surface area contributed by atoms with Gasteiger partial charge in [-0.05, 0) is 33.0 Å². The average Bonchev–Trinajstić information content (AvgIpc) is 1.69. The lowest BCUT2D eigenvalue weighted by atomic mass is 10.1. The van der Waals surface area contributed by atoms with Crippen molar-refractivity contribution in [3.8, 4) is 0 Å². The summed E-state index contributed by atoms with van der Waals surface area (Å²) in [5.74, 6) is 0. The second-order valence-corrected chi connectivity index (χ2v) is 2.36. The molecular weight excluding hydrogens is 96.9 g/mol. The van der Waals surface area contributed by atoms with Crippen LogP contribution in [0.2, 0.25) is 0 Å². The van der Waals surface area contributed by atoms with Crippen LogP contribution in [0.4, 0.5) is 0 Å². The maximum atomic E-state index is 2.39. The number of rotatable bonds is 0. The molecule has 0 bridgehead atoms. The van der Waals surface area contributed by atoms with Crippen LogP contribution in [0.1, 0.15) is 19.3 Å². The second kappa shape index (κ2) is 3.96. The third-order valence-corrected chi connectivity index (χ3v) is 1.58. The summed E-state index contributed by atoms with van der Waals surface area (Å²) in [7, 11) is 2.19. The first kappa shape index (κ1) is 8.02. The first-order valence-electron chi connectivity index (χ1n) is 3.08. The minimum absolute atomic E-state index is 0. The van der Waals surface area contributed by atoms with E-state index in [1.54, 1.807) is 0 Å². The molecule has 2 heteroatoms. The van der Waals surface area contributed by atoms with Crippen LogP contribution in [-0.4, -0.2) is 33.5 Å². The lowest BCUT2D eigenvalue weighted by molar-refractivity contribution is 0.277. The van der Waals surface area contributed by atoms with Crippen LogP contribution in [0.15, 0.2) is 0 Å². The molecule has 1 aliphatic rings. The van der Waals surface area contributed by atoms with Crippen LogP contribution in [0.5, 0.6) is 0 Å². The molecule has 1 rings (SSSR count). The monoisotopic (exact) mass is 113 g/mol. The highest BCUT2D eigenvalue weighted by atomic mass is 15.1. The molecule has 0 aromatic carbocycles. The van der Waals surface area contributed by atoms with E-state index in [0.717, 1.165) is 0 Å². The number of hydrogen-bond acceptors (Lipinski definition) is 1. The summed E-state index contributed by atoms with van der Waals surface area (Å²) in [4.78, 5) is 2.39. The summed E-state index contributed by atoms with van der Waals surface area (Å²) in [6.45, 7) is 2.64. The van der Waals surface area contributed by atoms with Gasteiger partial charge in [0.15, 0.2) is 0 Å². The fourth-order valence-corrected chi connectivity index (χ4v) is 1.05. The minimum Gasteiger partial charge on any atom is -0.306 e. The van der Waals surface area contributed by atoms with Crippen molar-refractivity contribution in [1.29, 1.82) is 0 Å². The van der Waals surface area contributed by atoms with Crippen molar-refractivity contribution >= 4 is 8.41 Å². The Morgan fingerprint density at radius 3 is 1.75 bits per heavy atom. The molecular formula is C6H16BN. The zero-order valence-electron chi connectivity index (χ0n) is 4.98. The molecule has 0 saturated carbocycles. The normalized spacial score (nSPS) is 22.1. The van der Waals surface area contributed by atoms with Crippen LogP contribution in [0.25, 0.3) is 0 Å². The largest absolute Gasteiger partial charge is 0.306 e. The van der Waals surface area contributed by atoms with Crippen LogP contribution in [0, 0.1) is 0 Å². The second-order valence-electron chi connectivity index (χ2n) is 2.36. The van der Waals surface area contributed by atoms with Crippen molar-refractivity contribution in [3.63, 3.8) is 0 Å². The molecule has 0 unspecified atom stereocenters. The third kappa shape index (κ3) is 2.36. The van der Waals surface area contributed by atoms with Crippen LogP contribution in [-0.2, 0) is 0 Å². The molecule has 1 aliphatic heterocycles. The zero-order valence-corrected chi connectivity index (χ0v) is 4.98. The Bertz CT molecular complexity index is 50.5. The van der Waals surface area contributed by atoms with Crippen LogP contribution < -0.4 is 0 Å². The van der Waals surface area contributed by atoms with Crippen molar-refractivity contribution < 1.29 is 0 Å². The van der Waals surface area contributed by atoms with E-state index < -0.39 is 0 Å².